The number of nitrogens with one attached hydrogen (secondary N) is 2. The van der Waals surface area contributed by atoms with Gasteiger partial charge in [-0.15, -0.1) is 0 Å². The second kappa shape index (κ2) is 6.53. The normalized spacial score (nSPS) is 10.9. The molecule has 0 radical (unpaired) electrons. The third-order valence-electron chi connectivity index (χ3n) is 1.92. The van der Waals surface area contributed by atoms with Crippen molar-refractivity contribution in [3.63, 3.8) is 0 Å². The molecule has 94 valence electrons. The molecule has 0 unspecified atom stereocenters. The van der Waals surface area contributed by atoms with Gasteiger partial charge in [0.15, 0.2) is 5.11 Å². The van der Waals surface area contributed by atoms with Crippen LogP contribution >= 0.6 is 12.2 Å². The summed E-state index contributed by atoms with van der Waals surface area (Å²) < 4.78 is 21.3. The number of anilines is 1. The second-order valence-corrected chi connectivity index (χ2v) is 5.61. The van der Waals surface area contributed by atoms with Crippen LogP contribution in [0.5, 0.6) is 0 Å². The Morgan fingerprint density at radius 1 is 1.29 bits per heavy atom. The standard InChI is InChI=1S/C10H15N3O2S2/c11-17(14,15)8-4-7-12-10(16)13-9-5-2-1-3-6-9/h1-3,5-6H,4,7-8H2,(H2,11,14,15)(H2,12,13,16). The first-order chi connectivity index (χ1) is 7.97. The first kappa shape index (κ1) is 13.9. The molecule has 0 aromatic heterocycles. The monoisotopic (exact) mass is 273 g/mol. The largest absolute Gasteiger partial charge is 0.362 e. The zero-order valence-corrected chi connectivity index (χ0v) is 10.9. The Hall–Kier alpha value is -1.18. The summed E-state index contributed by atoms with van der Waals surface area (Å²) in [7, 11) is -3.38. The molecule has 0 fully saturated rings. The summed E-state index contributed by atoms with van der Waals surface area (Å²) in [6.07, 6.45) is 0.426. The minimum absolute atomic E-state index is 0.0477. The van der Waals surface area contributed by atoms with Gasteiger partial charge in [0.05, 0.1) is 5.75 Å². The molecule has 1 rings (SSSR count). The van der Waals surface area contributed by atoms with E-state index in [1.807, 2.05) is 30.3 Å². The number of benzene rings is 1. The lowest BCUT2D eigenvalue weighted by Crippen LogP contribution is -2.30. The highest BCUT2D eigenvalue weighted by Crippen LogP contribution is 2.04. The Morgan fingerprint density at radius 2 is 1.94 bits per heavy atom. The van der Waals surface area contributed by atoms with Crippen LogP contribution in [0.4, 0.5) is 5.69 Å². The van der Waals surface area contributed by atoms with Crippen LogP contribution in [0.3, 0.4) is 0 Å². The van der Waals surface area contributed by atoms with E-state index in [0.717, 1.165) is 5.69 Å². The number of thiocarbonyl (C=S) groups is 1. The summed E-state index contributed by atoms with van der Waals surface area (Å²) in [5, 5.41) is 11.2. The van der Waals surface area contributed by atoms with Gasteiger partial charge < -0.3 is 10.6 Å². The van der Waals surface area contributed by atoms with Crippen molar-refractivity contribution >= 4 is 33.0 Å². The summed E-state index contributed by atoms with van der Waals surface area (Å²) in [4.78, 5) is 0. The van der Waals surface area contributed by atoms with Gasteiger partial charge in [-0.1, -0.05) is 18.2 Å². The SMILES string of the molecule is NS(=O)(=O)CCCNC(=S)Nc1ccccc1. The average molecular weight is 273 g/mol. The van der Waals surface area contributed by atoms with Crippen LogP contribution in [0.1, 0.15) is 6.42 Å². The van der Waals surface area contributed by atoms with Crippen LogP contribution in [-0.2, 0) is 10.0 Å². The van der Waals surface area contributed by atoms with Gasteiger partial charge in [0.2, 0.25) is 10.0 Å². The van der Waals surface area contributed by atoms with Crippen LogP contribution in [0.25, 0.3) is 0 Å². The average Bonchev–Trinajstić information content (AvgIpc) is 2.25. The smallest absolute Gasteiger partial charge is 0.209 e. The molecule has 0 atom stereocenters. The van der Waals surface area contributed by atoms with Crippen LogP contribution in [-0.4, -0.2) is 25.8 Å². The molecule has 7 heteroatoms. The van der Waals surface area contributed by atoms with Crippen LogP contribution < -0.4 is 15.8 Å². The Kier molecular flexibility index (Phi) is 5.33. The lowest BCUT2D eigenvalue weighted by molar-refractivity contribution is 0.594. The number of para-hydroxylation sites is 1. The topological polar surface area (TPSA) is 84.2 Å². The van der Waals surface area contributed by atoms with Crippen molar-refractivity contribution in [2.45, 2.75) is 6.42 Å². The van der Waals surface area contributed by atoms with E-state index in [2.05, 4.69) is 10.6 Å². The number of sulfonamides is 1. The Bertz CT molecular complexity index is 460. The summed E-state index contributed by atoms with van der Waals surface area (Å²) >= 11 is 5.04. The number of nitrogens with two attached hydrogens (primary N) is 1. The minimum atomic E-state index is -3.38. The van der Waals surface area contributed by atoms with Crippen molar-refractivity contribution < 1.29 is 8.42 Å². The maximum Gasteiger partial charge on any atom is 0.209 e. The lowest BCUT2D eigenvalue weighted by Gasteiger charge is -2.09. The van der Waals surface area contributed by atoms with Crippen LogP contribution in [0.15, 0.2) is 30.3 Å². The van der Waals surface area contributed by atoms with E-state index >= 15 is 0 Å². The van der Waals surface area contributed by atoms with Crippen molar-refractivity contribution in [3.05, 3.63) is 30.3 Å². The summed E-state index contributed by atoms with van der Waals surface area (Å²) in [5.41, 5.74) is 0.886. The molecule has 0 saturated heterocycles. The molecule has 0 saturated carbocycles. The fourth-order valence-electron chi connectivity index (χ4n) is 1.17. The van der Waals surface area contributed by atoms with E-state index in [4.69, 9.17) is 17.4 Å². The van der Waals surface area contributed by atoms with Crippen molar-refractivity contribution in [3.8, 4) is 0 Å². The second-order valence-electron chi connectivity index (χ2n) is 3.47. The molecule has 0 bridgehead atoms. The predicted molar refractivity (Wildman–Crippen MR) is 73.3 cm³/mol. The summed E-state index contributed by atoms with van der Waals surface area (Å²) in [6.45, 7) is 0.467. The number of rotatable bonds is 5. The Morgan fingerprint density at radius 3 is 2.53 bits per heavy atom. The molecule has 0 heterocycles. The predicted octanol–water partition coefficient (Wildman–Crippen LogP) is 0.652. The molecule has 17 heavy (non-hydrogen) atoms. The molecule has 4 N–H and O–H groups in total. The van der Waals surface area contributed by atoms with Crippen molar-refractivity contribution in [2.24, 2.45) is 5.14 Å². The maximum absolute atomic E-state index is 10.7. The summed E-state index contributed by atoms with van der Waals surface area (Å²) in [5.74, 6) is -0.0477. The van der Waals surface area contributed by atoms with E-state index in [-0.39, 0.29) is 5.75 Å². The van der Waals surface area contributed by atoms with E-state index in [9.17, 15) is 8.42 Å². The molecule has 0 amide bonds. The van der Waals surface area contributed by atoms with Gasteiger partial charge in [0, 0.05) is 12.2 Å². The van der Waals surface area contributed by atoms with Gasteiger partial charge in [-0.2, -0.15) is 0 Å². The van der Waals surface area contributed by atoms with Gasteiger partial charge in [0.1, 0.15) is 0 Å². The first-order valence-corrected chi connectivity index (χ1v) is 7.20. The van der Waals surface area contributed by atoms with Crippen LogP contribution in [0.2, 0.25) is 0 Å². The number of primary sulfonamides is 1. The number of hydrogen-bond acceptors (Lipinski definition) is 3. The number of hydrogen-bond donors (Lipinski definition) is 3. The summed E-state index contributed by atoms with van der Waals surface area (Å²) in [6, 6.07) is 9.47. The quantitative estimate of drug-likeness (QED) is 0.542. The minimum Gasteiger partial charge on any atom is -0.362 e. The molecule has 0 spiro atoms. The molecule has 0 aliphatic carbocycles. The van der Waals surface area contributed by atoms with Crippen molar-refractivity contribution in [1.82, 2.24) is 5.32 Å². The molecule has 1 aromatic rings. The van der Waals surface area contributed by atoms with E-state index in [1.165, 1.54) is 0 Å². The van der Waals surface area contributed by atoms with Gasteiger partial charge in [-0.3, -0.25) is 0 Å². The highest BCUT2D eigenvalue weighted by atomic mass is 32.2. The molecular formula is C10H15N3O2S2. The van der Waals surface area contributed by atoms with E-state index in [0.29, 0.717) is 18.1 Å². The van der Waals surface area contributed by atoms with Crippen molar-refractivity contribution in [2.75, 3.05) is 17.6 Å². The van der Waals surface area contributed by atoms with Crippen LogP contribution in [0, 0.1) is 0 Å². The highest BCUT2D eigenvalue weighted by molar-refractivity contribution is 7.89. The van der Waals surface area contributed by atoms with Gasteiger partial charge in [-0.25, -0.2) is 13.6 Å². The van der Waals surface area contributed by atoms with Gasteiger partial charge in [0.25, 0.3) is 0 Å². The van der Waals surface area contributed by atoms with Gasteiger partial charge >= 0.3 is 0 Å². The Labute approximate surface area is 106 Å². The third kappa shape index (κ3) is 6.88. The molecular weight excluding hydrogens is 258 g/mol. The lowest BCUT2D eigenvalue weighted by atomic mass is 10.3. The van der Waals surface area contributed by atoms with Crippen molar-refractivity contribution in [1.29, 1.82) is 0 Å². The zero-order valence-electron chi connectivity index (χ0n) is 9.22. The van der Waals surface area contributed by atoms with Gasteiger partial charge in [-0.05, 0) is 30.8 Å². The fraction of sp³-hybridized carbons (Fsp3) is 0.300. The highest BCUT2D eigenvalue weighted by Gasteiger charge is 2.02. The molecule has 1 aromatic carbocycles. The zero-order chi connectivity index (χ0) is 12.7. The molecule has 0 aliphatic rings. The maximum atomic E-state index is 10.7. The fourth-order valence-corrected chi connectivity index (χ4v) is 1.94. The molecule has 5 nitrogen and oxygen atoms in total. The third-order valence-corrected chi connectivity index (χ3v) is 3.03. The first-order valence-electron chi connectivity index (χ1n) is 5.08. The molecule has 0 aliphatic heterocycles. The van der Waals surface area contributed by atoms with E-state index in [1.54, 1.807) is 0 Å². The Balaban J connectivity index is 2.23. The van der Waals surface area contributed by atoms with E-state index < -0.39 is 10.0 Å².